The van der Waals surface area contributed by atoms with Crippen molar-refractivity contribution in [1.82, 2.24) is 5.32 Å². The average Bonchev–Trinajstić information content (AvgIpc) is 2.25. The highest BCUT2D eigenvalue weighted by Crippen LogP contribution is 2.29. The van der Waals surface area contributed by atoms with Gasteiger partial charge in [0.15, 0.2) is 0 Å². The zero-order valence-electron chi connectivity index (χ0n) is 8.97. The standard InChI is InChI=1S/C12H15ClFNO/c13-11-6-9(16)7-12(14)10(11)5-8-1-3-15-4-2-8/h6-8,15-16H,1-5H2. The van der Waals surface area contributed by atoms with Crippen molar-refractivity contribution in [3.63, 3.8) is 0 Å². The van der Waals surface area contributed by atoms with Crippen LogP contribution in [0.3, 0.4) is 0 Å². The first kappa shape index (κ1) is 11.7. The molecule has 1 aliphatic heterocycles. The van der Waals surface area contributed by atoms with Gasteiger partial charge >= 0.3 is 0 Å². The average molecular weight is 244 g/mol. The fourth-order valence-electron chi connectivity index (χ4n) is 2.16. The second-order valence-corrected chi connectivity index (χ2v) is 4.69. The van der Waals surface area contributed by atoms with E-state index in [0.29, 0.717) is 22.9 Å². The molecule has 0 bridgehead atoms. The topological polar surface area (TPSA) is 32.3 Å². The van der Waals surface area contributed by atoms with Crippen molar-refractivity contribution < 1.29 is 9.50 Å². The minimum Gasteiger partial charge on any atom is -0.508 e. The first-order valence-corrected chi connectivity index (χ1v) is 5.92. The molecule has 0 amide bonds. The van der Waals surface area contributed by atoms with E-state index in [1.165, 1.54) is 6.07 Å². The second-order valence-electron chi connectivity index (χ2n) is 4.29. The van der Waals surface area contributed by atoms with Gasteiger partial charge in [-0.25, -0.2) is 4.39 Å². The molecule has 1 heterocycles. The summed E-state index contributed by atoms with van der Waals surface area (Å²) in [6, 6.07) is 2.53. The number of nitrogens with one attached hydrogen (secondary N) is 1. The number of hydrogen-bond acceptors (Lipinski definition) is 2. The molecule has 0 spiro atoms. The van der Waals surface area contributed by atoms with Crippen LogP contribution in [0.1, 0.15) is 18.4 Å². The summed E-state index contributed by atoms with van der Waals surface area (Å²) < 4.78 is 13.6. The highest BCUT2D eigenvalue weighted by molar-refractivity contribution is 6.31. The molecule has 0 aliphatic carbocycles. The van der Waals surface area contributed by atoms with Crippen LogP contribution in [0.5, 0.6) is 5.75 Å². The van der Waals surface area contributed by atoms with Gasteiger partial charge in [0.2, 0.25) is 0 Å². The Labute approximate surface area is 99.4 Å². The largest absolute Gasteiger partial charge is 0.508 e. The van der Waals surface area contributed by atoms with Crippen LogP contribution in [0.25, 0.3) is 0 Å². The lowest BCUT2D eigenvalue weighted by Gasteiger charge is -2.23. The molecule has 2 nitrogen and oxygen atoms in total. The Bertz CT molecular complexity index is 354. The number of aromatic hydroxyl groups is 1. The van der Waals surface area contributed by atoms with Gasteiger partial charge in [-0.05, 0) is 44.3 Å². The highest BCUT2D eigenvalue weighted by atomic mass is 35.5. The van der Waals surface area contributed by atoms with Crippen LogP contribution in [0.2, 0.25) is 5.02 Å². The molecule has 0 atom stereocenters. The number of piperidine rings is 1. The molecule has 0 aromatic heterocycles. The first-order chi connectivity index (χ1) is 7.66. The number of hydrogen-bond donors (Lipinski definition) is 2. The Morgan fingerprint density at radius 2 is 2.06 bits per heavy atom. The maximum atomic E-state index is 13.6. The van der Waals surface area contributed by atoms with Gasteiger partial charge in [0.25, 0.3) is 0 Å². The first-order valence-electron chi connectivity index (χ1n) is 5.54. The van der Waals surface area contributed by atoms with E-state index in [-0.39, 0.29) is 5.75 Å². The molecule has 1 aromatic carbocycles. The van der Waals surface area contributed by atoms with E-state index in [1.54, 1.807) is 0 Å². The molecule has 1 aliphatic rings. The summed E-state index contributed by atoms with van der Waals surface area (Å²) in [5, 5.41) is 12.8. The summed E-state index contributed by atoms with van der Waals surface area (Å²) >= 11 is 5.94. The molecular weight excluding hydrogens is 229 g/mol. The van der Waals surface area contributed by atoms with E-state index < -0.39 is 5.82 Å². The Kier molecular flexibility index (Phi) is 3.66. The van der Waals surface area contributed by atoms with Gasteiger partial charge in [-0.3, -0.25) is 0 Å². The molecule has 1 aromatic rings. The minimum atomic E-state index is -0.400. The summed E-state index contributed by atoms with van der Waals surface area (Å²) in [6.07, 6.45) is 2.76. The van der Waals surface area contributed by atoms with Gasteiger partial charge in [-0.2, -0.15) is 0 Å². The summed E-state index contributed by atoms with van der Waals surface area (Å²) in [5.41, 5.74) is 0.534. The SMILES string of the molecule is Oc1cc(F)c(CC2CCNCC2)c(Cl)c1. The van der Waals surface area contributed by atoms with Gasteiger partial charge < -0.3 is 10.4 Å². The number of phenolic OH excluding ortho intramolecular Hbond substituents is 1. The van der Waals surface area contributed by atoms with Gasteiger partial charge in [0.05, 0.1) is 5.02 Å². The maximum absolute atomic E-state index is 13.6. The molecular formula is C12H15ClFNO. The monoisotopic (exact) mass is 243 g/mol. The minimum absolute atomic E-state index is 0.114. The molecule has 88 valence electrons. The van der Waals surface area contributed by atoms with Gasteiger partial charge in [0.1, 0.15) is 11.6 Å². The van der Waals surface area contributed by atoms with Crippen molar-refractivity contribution in [2.45, 2.75) is 19.3 Å². The Hall–Kier alpha value is -0.800. The van der Waals surface area contributed by atoms with Crippen molar-refractivity contribution in [3.05, 3.63) is 28.5 Å². The molecule has 1 fully saturated rings. The zero-order chi connectivity index (χ0) is 11.5. The van der Waals surface area contributed by atoms with Crippen molar-refractivity contribution in [2.75, 3.05) is 13.1 Å². The van der Waals surface area contributed by atoms with Crippen LogP contribution in [-0.4, -0.2) is 18.2 Å². The van der Waals surface area contributed by atoms with Crippen LogP contribution in [0.15, 0.2) is 12.1 Å². The van der Waals surface area contributed by atoms with Crippen molar-refractivity contribution >= 4 is 11.6 Å². The van der Waals surface area contributed by atoms with Gasteiger partial charge in [0, 0.05) is 11.6 Å². The summed E-state index contributed by atoms with van der Waals surface area (Å²) in [7, 11) is 0. The third-order valence-corrected chi connectivity index (χ3v) is 3.41. The van der Waals surface area contributed by atoms with E-state index in [4.69, 9.17) is 11.6 Å². The van der Waals surface area contributed by atoms with Gasteiger partial charge in [-0.15, -0.1) is 0 Å². The Morgan fingerprint density at radius 3 is 2.69 bits per heavy atom. The molecule has 2 N–H and O–H groups in total. The third-order valence-electron chi connectivity index (χ3n) is 3.08. The number of benzene rings is 1. The smallest absolute Gasteiger partial charge is 0.131 e. The van der Waals surface area contributed by atoms with E-state index in [2.05, 4.69) is 5.32 Å². The quantitative estimate of drug-likeness (QED) is 0.837. The van der Waals surface area contributed by atoms with E-state index in [0.717, 1.165) is 32.0 Å². The molecule has 16 heavy (non-hydrogen) atoms. The molecule has 0 saturated carbocycles. The van der Waals surface area contributed by atoms with Crippen molar-refractivity contribution in [1.29, 1.82) is 0 Å². The normalized spacial score (nSPS) is 17.6. The zero-order valence-corrected chi connectivity index (χ0v) is 9.73. The lowest BCUT2D eigenvalue weighted by molar-refractivity contribution is 0.368. The predicted octanol–water partition coefficient (Wildman–Crippen LogP) is 2.73. The van der Waals surface area contributed by atoms with E-state index in [9.17, 15) is 9.50 Å². The van der Waals surface area contributed by atoms with Crippen LogP contribution in [0.4, 0.5) is 4.39 Å². The molecule has 0 unspecified atom stereocenters. The lowest BCUT2D eigenvalue weighted by Crippen LogP contribution is -2.28. The molecule has 4 heteroatoms. The fraction of sp³-hybridized carbons (Fsp3) is 0.500. The van der Waals surface area contributed by atoms with Crippen LogP contribution in [-0.2, 0) is 6.42 Å². The third kappa shape index (κ3) is 2.66. The summed E-state index contributed by atoms with van der Waals surface area (Å²) in [4.78, 5) is 0. The van der Waals surface area contributed by atoms with E-state index in [1.807, 2.05) is 0 Å². The predicted molar refractivity (Wildman–Crippen MR) is 62.4 cm³/mol. The van der Waals surface area contributed by atoms with Crippen LogP contribution < -0.4 is 5.32 Å². The Balaban J connectivity index is 2.14. The highest BCUT2D eigenvalue weighted by Gasteiger charge is 2.18. The van der Waals surface area contributed by atoms with Crippen molar-refractivity contribution in [2.24, 2.45) is 5.92 Å². The van der Waals surface area contributed by atoms with Crippen molar-refractivity contribution in [3.8, 4) is 5.75 Å². The fourth-order valence-corrected chi connectivity index (χ4v) is 2.44. The molecule has 1 saturated heterocycles. The number of phenols is 1. The summed E-state index contributed by atoms with van der Waals surface area (Å²) in [6.45, 7) is 1.98. The number of rotatable bonds is 2. The lowest BCUT2D eigenvalue weighted by atomic mass is 9.91. The van der Waals surface area contributed by atoms with Crippen LogP contribution in [0, 0.1) is 11.7 Å². The van der Waals surface area contributed by atoms with Crippen LogP contribution >= 0.6 is 11.6 Å². The molecule has 2 rings (SSSR count). The van der Waals surface area contributed by atoms with E-state index >= 15 is 0 Å². The molecule has 0 radical (unpaired) electrons. The summed E-state index contributed by atoms with van der Waals surface area (Å²) in [5.74, 6) is -0.0297. The van der Waals surface area contributed by atoms with Gasteiger partial charge in [-0.1, -0.05) is 11.6 Å². The second kappa shape index (κ2) is 5.02. The number of halogens is 2. The maximum Gasteiger partial charge on any atom is 0.131 e. The Morgan fingerprint density at radius 1 is 1.38 bits per heavy atom.